The maximum Gasteiger partial charge on any atom is 0.332 e. The smallest absolute Gasteiger partial charge is 0.332 e. The fraction of sp³-hybridized carbons (Fsp3) is 0.400. The molecule has 0 bridgehead atoms. The highest BCUT2D eigenvalue weighted by molar-refractivity contribution is 7.99. The van der Waals surface area contributed by atoms with Gasteiger partial charge in [0, 0.05) is 20.6 Å². The van der Waals surface area contributed by atoms with Crippen LogP contribution in [0.1, 0.15) is 12.5 Å². The molecule has 0 aliphatic heterocycles. The van der Waals surface area contributed by atoms with Crippen LogP contribution in [0.3, 0.4) is 0 Å². The molecule has 1 aromatic carbocycles. The minimum Gasteiger partial charge on any atom is -0.497 e. The van der Waals surface area contributed by atoms with Gasteiger partial charge in [0.2, 0.25) is 0 Å². The van der Waals surface area contributed by atoms with Gasteiger partial charge in [-0.05, 0) is 31.0 Å². The predicted molar refractivity (Wildman–Crippen MR) is 114 cm³/mol. The molecule has 0 N–H and O–H groups in total. The Labute approximate surface area is 177 Å². The lowest BCUT2D eigenvalue weighted by Gasteiger charge is -2.10. The average molecular weight is 433 g/mol. The maximum atomic E-state index is 12.8. The van der Waals surface area contributed by atoms with Gasteiger partial charge in [-0.2, -0.15) is 0 Å². The highest BCUT2D eigenvalue weighted by Gasteiger charge is 2.20. The van der Waals surface area contributed by atoms with Crippen molar-refractivity contribution in [3.05, 3.63) is 50.7 Å². The van der Waals surface area contributed by atoms with E-state index in [-0.39, 0.29) is 11.7 Å². The first-order chi connectivity index (χ1) is 14.4. The first kappa shape index (κ1) is 21.7. The van der Waals surface area contributed by atoms with Crippen molar-refractivity contribution in [1.29, 1.82) is 0 Å². The molecule has 0 aliphatic carbocycles. The van der Waals surface area contributed by atoms with E-state index in [1.165, 1.54) is 23.4 Å². The molecule has 0 radical (unpaired) electrons. The standard InChI is InChI=1S/C20H24N4O5S/c1-5-29-15(25)12-30-19-21-17-16(18(26)23(3)20(27)22(17)2)24(19)11-10-13-6-8-14(28-4)9-7-13/h6-9H,5,10-12H2,1-4H3. The summed E-state index contributed by atoms with van der Waals surface area (Å²) in [6, 6.07) is 7.66. The van der Waals surface area contributed by atoms with E-state index in [9.17, 15) is 14.4 Å². The molecule has 0 spiro atoms. The summed E-state index contributed by atoms with van der Waals surface area (Å²) in [5.41, 5.74) is 0.817. The Balaban J connectivity index is 2.01. The fourth-order valence-corrected chi connectivity index (χ4v) is 3.92. The number of carbonyl (C=O) groups excluding carboxylic acids is 1. The van der Waals surface area contributed by atoms with Gasteiger partial charge in [0.25, 0.3) is 5.56 Å². The number of aromatic nitrogens is 4. The average Bonchev–Trinajstić information content (AvgIpc) is 3.12. The van der Waals surface area contributed by atoms with Gasteiger partial charge in [0.1, 0.15) is 5.75 Å². The molecule has 30 heavy (non-hydrogen) atoms. The zero-order valence-electron chi connectivity index (χ0n) is 17.4. The number of esters is 1. The van der Waals surface area contributed by atoms with Crippen LogP contribution in [0, 0.1) is 0 Å². The Morgan fingerprint density at radius 3 is 2.47 bits per heavy atom. The van der Waals surface area contributed by atoms with Gasteiger partial charge in [0.05, 0.1) is 19.5 Å². The zero-order valence-corrected chi connectivity index (χ0v) is 18.2. The molecule has 0 atom stereocenters. The third-order valence-corrected chi connectivity index (χ3v) is 5.67. The highest BCUT2D eigenvalue weighted by atomic mass is 32.2. The Hall–Kier alpha value is -3.01. The second-order valence-electron chi connectivity index (χ2n) is 6.62. The van der Waals surface area contributed by atoms with Crippen LogP contribution < -0.4 is 16.0 Å². The number of nitrogens with zero attached hydrogens (tertiary/aromatic N) is 4. The van der Waals surface area contributed by atoms with Crippen LogP contribution in [0.2, 0.25) is 0 Å². The lowest BCUT2D eigenvalue weighted by Crippen LogP contribution is -2.37. The molecule has 0 aliphatic rings. The number of carbonyl (C=O) groups is 1. The van der Waals surface area contributed by atoms with Gasteiger partial charge >= 0.3 is 11.7 Å². The molecule has 0 saturated carbocycles. The molecule has 2 aromatic heterocycles. The Bertz CT molecular complexity index is 1180. The lowest BCUT2D eigenvalue weighted by atomic mass is 10.1. The second kappa shape index (κ2) is 9.21. The molecule has 0 amide bonds. The molecular formula is C20H24N4O5S. The first-order valence-electron chi connectivity index (χ1n) is 9.45. The van der Waals surface area contributed by atoms with Crippen LogP contribution >= 0.6 is 11.8 Å². The van der Waals surface area contributed by atoms with E-state index in [2.05, 4.69) is 4.98 Å². The first-order valence-corrected chi connectivity index (χ1v) is 10.4. The third kappa shape index (κ3) is 4.28. The van der Waals surface area contributed by atoms with Crippen molar-refractivity contribution in [1.82, 2.24) is 18.7 Å². The summed E-state index contributed by atoms with van der Waals surface area (Å²) in [5, 5.41) is 0.491. The normalized spacial score (nSPS) is 11.1. The number of hydrogen-bond donors (Lipinski definition) is 0. The molecule has 0 unspecified atom stereocenters. The predicted octanol–water partition coefficient (Wildman–Crippen LogP) is 1.34. The summed E-state index contributed by atoms with van der Waals surface area (Å²) < 4.78 is 14.3. The number of methoxy groups -OCH3 is 1. The molecule has 0 fully saturated rings. The molecule has 2 heterocycles. The number of ether oxygens (including phenoxy) is 2. The van der Waals surface area contributed by atoms with E-state index >= 15 is 0 Å². The van der Waals surface area contributed by atoms with Gasteiger partial charge in [0.15, 0.2) is 16.3 Å². The summed E-state index contributed by atoms with van der Waals surface area (Å²) in [4.78, 5) is 41.4. The quantitative estimate of drug-likeness (QED) is 0.391. The molecule has 160 valence electrons. The molecule has 10 heteroatoms. The van der Waals surface area contributed by atoms with Crippen molar-refractivity contribution in [2.45, 2.75) is 25.0 Å². The zero-order chi connectivity index (χ0) is 21.8. The van der Waals surface area contributed by atoms with Gasteiger partial charge in [-0.3, -0.25) is 18.7 Å². The minimum atomic E-state index is -0.450. The van der Waals surface area contributed by atoms with Crippen LogP contribution in [-0.4, -0.2) is 44.1 Å². The van der Waals surface area contributed by atoms with Crippen LogP contribution in [0.5, 0.6) is 5.75 Å². The number of imidazole rings is 1. The van der Waals surface area contributed by atoms with Crippen molar-refractivity contribution in [3.8, 4) is 5.75 Å². The Morgan fingerprint density at radius 1 is 1.13 bits per heavy atom. The summed E-state index contributed by atoms with van der Waals surface area (Å²) in [6.07, 6.45) is 0.633. The molecule has 3 rings (SSSR count). The van der Waals surface area contributed by atoms with Crippen LogP contribution in [0.4, 0.5) is 0 Å². The van der Waals surface area contributed by atoms with E-state index in [0.717, 1.165) is 15.9 Å². The van der Waals surface area contributed by atoms with E-state index in [1.807, 2.05) is 24.3 Å². The Morgan fingerprint density at radius 2 is 1.83 bits per heavy atom. The second-order valence-corrected chi connectivity index (χ2v) is 7.56. The van der Waals surface area contributed by atoms with Gasteiger partial charge in [-0.25, -0.2) is 9.78 Å². The monoisotopic (exact) mass is 432 g/mol. The number of hydrogen-bond acceptors (Lipinski definition) is 7. The number of aryl methyl sites for hydroxylation is 3. The van der Waals surface area contributed by atoms with Crippen molar-refractivity contribution < 1.29 is 14.3 Å². The minimum absolute atomic E-state index is 0.0635. The SMILES string of the molecule is CCOC(=O)CSc1nc2c(c(=O)n(C)c(=O)n2C)n1CCc1ccc(OC)cc1. The van der Waals surface area contributed by atoms with Gasteiger partial charge < -0.3 is 14.0 Å². The van der Waals surface area contributed by atoms with E-state index < -0.39 is 11.2 Å². The maximum absolute atomic E-state index is 12.8. The molecule has 3 aromatic rings. The summed E-state index contributed by atoms with van der Waals surface area (Å²) >= 11 is 1.18. The topological polar surface area (TPSA) is 97.4 Å². The lowest BCUT2D eigenvalue weighted by molar-refractivity contribution is -0.139. The highest BCUT2D eigenvalue weighted by Crippen LogP contribution is 2.23. The molecule has 9 nitrogen and oxygen atoms in total. The third-order valence-electron chi connectivity index (χ3n) is 4.72. The number of fused-ring (bicyclic) bond motifs is 1. The van der Waals surface area contributed by atoms with Crippen LogP contribution in [0.25, 0.3) is 11.2 Å². The van der Waals surface area contributed by atoms with Crippen molar-refractivity contribution >= 4 is 28.9 Å². The van der Waals surface area contributed by atoms with E-state index in [1.54, 1.807) is 25.6 Å². The Kier molecular flexibility index (Phi) is 6.66. The van der Waals surface area contributed by atoms with Crippen molar-refractivity contribution in [3.63, 3.8) is 0 Å². The van der Waals surface area contributed by atoms with Crippen molar-refractivity contribution in [2.24, 2.45) is 14.1 Å². The number of thioether (sulfide) groups is 1. The summed E-state index contributed by atoms with van der Waals surface area (Å²) in [7, 11) is 4.63. The van der Waals surface area contributed by atoms with Crippen LogP contribution in [0.15, 0.2) is 39.0 Å². The van der Waals surface area contributed by atoms with E-state index in [0.29, 0.717) is 35.9 Å². The summed E-state index contributed by atoms with van der Waals surface area (Å²) in [6.45, 7) is 2.50. The fourth-order valence-electron chi connectivity index (χ4n) is 3.10. The number of benzene rings is 1. The molecular weight excluding hydrogens is 408 g/mol. The molecule has 0 saturated heterocycles. The van der Waals surface area contributed by atoms with Crippen LogP contribution in [-0.2, 0) is 36.6 Å². The number of rotatable bonds is 8. The largest absolute Gasteiger partial charge is 0.497 e. The van der Waals surface area contributed by atoms with Gasteiger partial charge in [-0.1, -0.05) is 23.9 Å². The summed E-state index contributed by atoms with van der Waals surface area (Å²) in [5.74, 6) is 0.466. The van der Waals surface area contributed by atoms with Gasteiger partial charge in [-0.15, -0.1) is 0 Å². The van der Waals surface area contributed by atoms with E-state index in [4.69, 9.17) is 9.47 Å². The van der Waals surface area contributed by atoms with Crippen molar-refractivity contribution in [2.75, 3.05) is 19.5 Å².